The second-order valence-electron chi connectivity index (χ2n) is 4.08. The van der Waals surface area contributed by atoms with Crippen molar-refractivity contribution in [3.8, 4) is 0 Å². The lowest BCUT2D eigenvalue weighted by molar-refractivity contribution is 0.324. The highest BCUT2D eigenvalue weighted by atomic mass is 16.3. The van der Waals surface area contributed by atoms with Gasteiger partial charge in [0.15, 0.2) is 0 Å². The SMILES string of the molecule is C=C(CO)CCC(C)C1=CCNCC1. The summed E-state index contributed by atoms with van der Waals surface area (Å²) in [4.78, 5) is 0. The molecule has 1 aliphatic heterocycles. The van der Waals surface area contributed by atoms with Crippen molar-refractivity contribution < 1.29 is 5.11 Å². The van der Waals surface area contributed by atoms with E-state index >= 15 is 0 Å². The first kappa shape index (κ1) is 11.5. The Balaban J connectivity index is 2.30. The zero-order chi connectivity index (χ0) is 10.4. The molecule has 0 aliphatic carbocycles. The zero-order valence-electron chi connectivity index (χ0n) is 9.05. The second-order valence-corrected chi connectivity index (χ2v) is 4.08. The van der Waals surface area contributed by atoms with Crippen LogP contribution in [-0.4, -0.2) is 24.8 Å². The van der Waals surface area contributed by atoms with Crippen molar-refractivity contribution in [2.45, 2.75) is 26.2 Å². The number of hydrogen-bond donors (Lipinski definition) is 2. The second kappa shape index (κ2) is 5.99. The third kappa shape index (κ3) is 3.64. The smallest absolute Gasteiger partial charge is 0.0639 e. The van der Waals surface area contributed by atoms with E-state index in [4.69, 9.17) is 5.11 Å². The number of rotatable bonds is 5. The van der Waals surface area contributed by atoms with Gasteiger partial charge >= 0.3 is 0 Å². The van der Waals surface area contributed by atoms with E-state index in [0.29, 0.717) is 5.92 Å². The fourth-order valence-corrected chi connectivity index (χ4v) is 1.77. The third-order valence-electron chi connectivity index (χ3n) is 2.89. The van der Waals surface area contributed by atoms with Crippen LogP contribution in [0.25, 0.3) is 0 Å². The molecule has 1 rings (SSSR count). The predicted molar refractivity (Wildman–Crippen MR) is 60.2 cm³/mol. The fraction of sp³-hybridized carbons (Fsp3) is 0.667. The quantitative estimate of drug-likeness (QED) is 0.656. The molecule has 0 amide bonds. The Morgan fingerprint density at radius 2 is 2.50 bits per heavy atom. The van der Waals surface area contributed by atoms with Crippen LogP contribution >= 0.6 is 0 Å². The van der Waals surface area contributed by atoms with Crippen molar-refractivity contribution >= 4 is 0 Å². The van der Waals surface area contributed by atoms with Crippen LogP contribution in [0.3, 0.4) is 0 Å². The van der Waals surface area contributed by atoms with Gasteiger partial charge in [-0.05, 0) is 31.7 Å². The Labute approximate surface area is 86.7 Å². The van der Waals surface area contributed by atoms with Crippen molar-refractivity contribution in [2.75, 3.05) is 19.7 Å². The minimum atomic E-state index is 0.132. The van der Waals surface area contributed by atoms with E-state index in [1.165, 1.54) is 6.42 Å². The molecule has 2 heteroatoms. The number of hydrogen-bond acceptors (Lipinski definition) is 2. The van der Waals surface area contributed by atoms with Crippen molar-refractivity contribution in [2.24, 2.45) is 5.92 Å². The van der Waals surface area contributed by atoms with Gasteiger partial charge < -0.3 is 10.4 Å². The Hall–Kier alpha value is -0.600. The molecule has 0 saturated heterocycles. The highest BCUT2D eigenvalue weighted by Gasteiger charge is 2.11. The lowest BCUT2D eigenvalue weighted by Gasteiger charge is -2.20. The van der Waals surface area contributed by atoms with Gasteiger partial charge in [0, 0.05) is 6.54 Å². The Kier molecular flexibility index (Phi) is 4.91. The average Bonchev–Trinajstić information content (AvgIpc) is 2.26. The monoisotopic (exact) mass is 195 g/mol. The van der Waals surface area contributed by atoms with Crippen molar-refractivity contribution in [3.63, 3.8) is 0 Å². The molecule has 2 N–H and O–H groups in total. The summed E-state index contributed by atoms with van der Waals surface area (Å²) in [6, 6.07) is 0. The Morgan fingerprint density at radius 3 is 3.07 bits per heavy atom. The number of aliphatic hydroxyl groups excluding tert-OH is 1. The van der Waals surface area contributed by atoms with E-state index in [1.807, 2.05) is 0 Å². The summed E-state index contributed by atoms with van der Waals surface area (Å²) < 4.78 is 0. The Bertz CT molecular complexity index is 220. The van der Waals surface area contributed by atoms with Crippen LogP contribution in [-0.2, 0) is 0 Å². The normalized spacial score (nSPS) is 18.9. The predicted octanol–water partition coefficient (Wildman–Crippen LogP) is 1.87. The molecule has 0 bridgehead atoms. The fourth-order valence-electron chi connectivity index (χ4n) is 1.77. The molecule has 1 atom stereocenters. The van der Waals surface area contributed by atoms with Gasteiger partial charge in [0.1, 0.15) is 0 Å². The largest absolute Gasteiger partial charge is 0.392 e. The van der Waals surface area contributed by atoms with E-state index in [1.54, 1.807) is 5.57 Å². The first-order chi connectivity index (χ1) is 6.74. The number of nitrogens with one attached hydrogen (secondary N) is 1. The van der Waals surface area contributed by atoms with Crippen molar-refractivity contribution in [1.29, 1.82) is 0 Å². The summed E-state index contributed by atoms with van der Waals surface area (Å²) in [7, 11) is 0. The molecule has 0 aromatic carbocycles. The van der Waals surface area contributed by atoms with Gasteiger partial charge in [-0.3, -0.25) is 0 Å². The lowest BCUT2D eigenvalue weighted by Crippen LogP contribution is -2.22. The first-order valence-corrected chi connectivity index (χ1v) is 5.41. The lowest BCUT2D eigenvalue weighted by atomic mass is 9.90. The van der Waals surface area contributed by atoms with Gasteiger partial charge in [-0.25, -0.2) is 0 Å². The molecule has 0 saturated carbocycles. The van der Waals surface area contributed by atoms with Crippen molar-refractivity contribution in [1.82, 2.24) is 5.32 Å². The maximum atomic E-state index is 8.83. The maximum absolute atomic E-state index is 8.83. The molecule has 1 unspecified atom stereocenters. The van der Waals surface area contributed by atoms with E-state index in [-0.39, 0.29) is 6.61 Å². The first-order valence-electron chi connectivity index (χ1n) is 5.41. The molecule has 0 aromatic heterocycles. The molecule has 0 aromatic rings. The van der Waals surface area contributed by atoms with Gasteiger partial charge in [0.05, 0.1) is 6.61 Å². The van der Waals surface area contributed by atoms with Crippen LogP contribution in [0, 0.1) is 5.92 Å². The number of aliphatic hydroxyl groups is 1. The van der Waals surface area contributed by atoms with Gasteiger partial charge in [-0.15, -0.1) is 0 Å². The summed E-state index contributed by atoms with van der Waals surface area (Å²) in [5, 5.41) is 12.1. The van der Waals surface area contributed by atoms with Gasteiger partial charge in [-0.1, -0.05) is 30.7 Å². The Morgan fingerprint density at radius 1 is 1.71 bits per heavy atom. The average molecular weight is 195 g/mol. The van der Waals surface area contributed by atoms with E-state index in [0.717, 1.165) is 31.5 Å². The molecule has 14 heavy (non-hydrogen) atoms. The van der Waals surface area contributed by atoms with Gasteiger partial charge in [0.2, 0.25) is 0 Å². The van der Waals surface area contributed by atoms with Gasteiger partial charge in [0.25, 0.3) is 0 Å². The minimum absolute atomic E-state index is 0.132. The molecule has 2 nitrogen and oxygen atoms in total. The third-order valence-corrected chi connectivity index (χ3v) is 2.89. The van der Waals surface area contributed by atoms with Gasteiger partial charge in [-0.2, -0.15) is 0 Å². The standard InChI is InChI=1S/C12H21NO/c1-10(9-14)3-4-11(2)12-5-7-13-8-6-12/h5,11,13-14H,1,3-4,6-9H2,2H3. The molecule has 0 radical (unpaired) electrons. The zero-order valence-corrected chi connectivity index (χ0v) is 9.05. The molecular weight excluding hydrogens is 174 g/mol. The summed E-state index contributed by atoms with van der Waals surface area (Å²) in [6.45, 7) is 8.33. The summed E-state index contributed by atoms with van der Waals surface area (Å²) >= 11 is 0. The summed E-state index contributed by atoms with van der Waals surface area (Å²) in [5.74, 6) is 0.639. The van der Waals surface area contributed by atoms with E-state index in [2.05, 4.69) is 24.9 Å². The molecular formula is C12H21NO. The molecule has 1 aliphatic rings. The van der Waals surface area contributed by atoms with Crippen LogP contribution in [0.5, 0.6) is 0 Å². The van der Waals surface area contributed by atoms with Crippen LogP contribution in [0.15, 0.2) is 23.8 Å². The summed E-state index contributed by atoms with van der Waals surface area (Å²) in [6.07, 6.45) is 5.54. The highest BCUT2D eigenvalue weighted by molar-refractivity contribution is 5.10. The van der Waals surface area contributed by atoms with Crippen LogP contribution in [0.1, 0.15) is 26.2 Å². The topological polar surface area (TPSA) is 32.3 Å². The maximum Gasteiger partial charge on any atom is 0.0639 e. The summed E-state index contributed by atoms with van der Waals surface area (Å²) in [5.41, 5.74) is 2.51. The van der Waals surface area contributed by atoms with Crippen LogP contribution in [0.4, 0.5) is 0 Å². The molecule has 0 fully saturated rings. The molecule has 1 heterocycles. The molecule has 0 spiro atoms. The molecule has 80 valence electrons. The van der Waals surface area contributed by atoms with Crippen LogP contribution < -0.4 is 5.32 Å². The highest BCUT2D eigenvalue weighted by Crippen LogP contribution is 2.22. The van der Waals surface area contributed by atoms with E-state index < -0.39 is 0 Å². The minimum Gasteiger partial charge on any atom is -0.392 e. The van der Waals surface area contributed by atoms with Crippen LogP contribution in [0.2, 0.25) is 0 Å². The van der Waals surface area contributed by atoms with E-state index in [9.17, 15) is 0 Å². The van der Waals surface area contributed by atoms with Crippen molar-refractivity contribution in [3.05, 3.63) is 23.8 Å².